The number of ether oxygens (including phenoxy) is 1. The minimum absolute atomic E-state index is 0.0254. The molecule has 22 heavy (non-hydrogen) atoms. The quantitative estimate of drug-likeness (QED) is 0.606. The molecule has 1 fully saturated rings. The molecule has 0 radical (unpaired) electrons. The number of nitrogens with one attached hydrogen (secondary N) is 1. The summed E-state index contributed by atoms with van der Waals surface area (Å²) in [5.74, 6) is 0.643. The maximum atomic E-state index is 11.9. The van der Waals surface area contributed by atoms with E-state index in [0.717, 1.165) is 24.7 Å². The monoisotopic (exact) mass is 307 g/mol. The molecule has 0 aromatic carbocycles. The van der Waals surface area contributed by atoms with E-state index in [2.05, 4.69) is 12.2 Å². The molecule has 0 aliphatic carbocycles. The van der Waals surface area contributed by atoms with Gasteiger partial charge in [0.1, 0.15) is 6.29 Å². The van der Waals surface area contributed by atoms with Crippen LogP contribution in [0.4, 0.5) is 0 Å². The maximum Gasteiger partial charge on any atom is 0.243 e. The lowest BCUT2D eigenvalue weighted by molar-refractivity contribution is -0.123. The fourth-order valence-corrected chi connectivity index (χ4v) is 2.57. The number of rotatable bonds is 6. The van der Waals surface area contributed by atoms with E-state index in [1.54, 1.807) is 13.0 Å². The van der Waals surface area contributed by atoms with Gasteiger partial charge in [0.05, 0.1) is 18.2 Å². The highest BCUT2D eigenvalue weighted by atomic mass is 16.5. The van der Waals surface area contributed by atoms with Gasteiger partial charge in [-0.2, -0.15) is 0 Å². The minimum atomic E-state index is -0.0588. The van der Waals surface area contributed by atoms with E-state index in [0.29, 0.717) is 11.8 Å². The van der Waals surface area contributed by atoms with Crippen LogP contribution in [0.2, 0.25) is 0 Å². The van der Waals surface area contributed by atoms with Crippen LogP contribution in [-0.2, 0) is 14.3 Å². The zero-order chi connectivity index (χ0) is 16.7. The summed E-state index contributed by atoms with van der Waals surface area (Å²) < 4.78 is 6.03. The molecule has 0 unspecified atom stereocenters. The number of carbonyl (C=O) groups is 2. The first kappa shape index (κ1) is 18.6. The predicted octanol–water partition coefficient (Wildman–Crippen LogP) is 3.03. The van der Waals surface area contributed by atoms with Crippen molar-refractivity contribution in [3.05, 3.63) is 23.8 Å². The Morgan fingerprint density at radius 3 is 2.64 bits per heavy atom. The third-order valence-electron chi connectivity index (χ3n) is 4.03. The van der Waals surface area contributed by atoms with E-state index < -0.39 is 0 Å². The number of allylic oxidation sites excluding steroid dienone is 2. The second-order valence-electron chi connectivity index (χ2n) is 6.61. The summed E-state index contributed by atoms with van der Waals surface area (Å²) in [6.45, 7) is 10.00. The highest BCUT2D eigenvalue weighted by molar-refractivity contribution is 5.87. The van der Waals surface area contributed by atoms with Crippen molar-refractivity contribution in [2.24, 2.45) is 11.8 Å². The first-order chi connectivity index (χ1) is 10.3. The van der Waals surface area contributed by atoms with Crippen LogP contribution in [0.15, 0.2) is 23.8 Å². The number of amides is 1. The molecule has 124 valence electrons. The van der Waals surface area contributed by atoms with E-state index in [-0.39, 0.29) is 24.2 Å². The van der Waals surface area contributed by atoms with E-state index in [9.17, 15) is 9.59 Å². The zero-order valence-electron chi connectivity index (χ0n) is 14.3. The van der Waals surface area contributed by atoms with Crippen molar-refractivity contribution in [2.75, 3.05) is 0 Å². The average Bonchev–Trinajstić information content (AvgIpc) is 2.46. The highest BCUT2D eigenvalue weighted by Gasteiger charge is 2.33. The topological polar surface area (TPSA) is 55.4 Å². The van der Waals surface area contributed by atoms with Crippen molar-refractivity contribution in [1.82, 2.24) is 5.32 Å². The van der Waals surface area contributed by atoms with E-state index >= 15 is 0 Å². The molecule has 1 heterocycles. The van der Waals surface area contributed by atoms with Gasteiger partial charge in [-0.1, -0.05) is 32.9 Å². The second kappa shape index (κ2) is 8.89. The molecule has 1 aliphatic rings. The Labute approximate surface area is 134 Å². The summed E-state index contributed by atoms with van der Waals surface area (Å²) in [6.07, 6.45) is 7.98. The zero-order valence-corrected chi connectivity index (χ0v) is 14.3. The van der Waals surface area contributed by atoms with E-state index in [1.165, 1.54) is 0 Å². The minimum Gasteiger partial charge on any atom is -0.373 e. The lowest BCUT2D eigenvalue weighted by Crippen LogP contribution is -2.50. The molecule has 4 heteroatoms. The summed E-state index contributed by atoms with van der Waals surface area (Å²) >= 11 is 0. The first-order valence-electron chi connectivity index (χ1n) is 8.09. The molecule has 0 aromatic heterocycles. The van der Waals surface area contributed by atoms with Crippen LogP contribution in [0.5, 0.6) is 0 Å². The van der Waals surface area contributed by atoms with Gasteiger partial charge >= 0.3 is 0 Å². The standard InChI is InChI=1S/C18H29NO3/c1-12(2)6-9-18(21)19-16-10-14(4)17(22-15(16)5)8-7-13(3)11-20/h6-7,9,11-12,14-17H,8,10H2,1-5H3,(H,19,21)/b9-6-,13-7+/t14-,15+,16+,17-/m0/s1. The van der Waals surface area contributed by atoms with Crippen LogP contribution in [0.3, 0.4) is 0 Å². The van der Waals surface area contributed by atoms with Gasteiger partial charge in [0.15, 0.2) is 0 Å². The molecule has 1 aliphatic heterocycles. The molecular formula is C18H29NO3. The molecular weight excluding hydrogens is 278 g/mol. The van der Waals surface area contributed by atoms with Crippen molar-refractivity contribution >= 4 is 12.2 Å². The summed E-state index contributed by atoms with van der Waals surface area (Å²) in [4.78, 5) is 22.5. The Morgan fingerprint density at radius 1 is 1.36 bits per heavy atom. The highest BCUT2D eigenvalue weighted by Crippen LogP contribution is 2.27. The average molecular weight is 307 g/mol. The predicted molar refractivity (Wildman–Crippen MR) is 88.5 cm³/mol. The summed E-state index contributed by atoms with van der Waals surface area (Å²) in [6, 6.07) is 0.0340. The first-order valence-corrected chi connectivity index (χ1v) is 8.09. The Balaban J connectivity index is 2.55. The van der Waals surface area contributed by atoms with Crippen LogP contribution in [-0.4, -0.2) is 30.4 Å². The second-order valence-corrected chi connectivity index (χ2v) is 6.61. The molecule has 0 aromatic rings. The number of hydrogen-bond donors (Lipinski definition) is 1. The van der Waals surface area contributed by atoms with Gasteiger partial charge in [0.2, 0.25) is 5.91 Å². The van der Waals surface area contributed by atoms with Gasteiger partial charge in [0, 0.05) is 0 Å². The molecule has 0 saturated carbocycles. The van der Waals surface area contributed by atoms with E-state index in [4.69, 9.17) is 4.74 Å². The SMILES string of the molecule is C/C(C=O)=C\C[C@@H]1O[C@H](C)[C@H](NC(=O)/C=C\C(C)C)C[C@@H]1C. The van der Waals surface area contributed by atoms with Crippen molar-refractivity contribution in [3.8, 4) is 0 Å². The maximum absolute atomic E-state index is 11.9. The Hall–Kier alpha value is -1.42. The largest absolute Gasteiger partial charge is 0.373 e. The Morgan fingerprint density at radius 2 is 2.05 bits per heavy atom. The fraction of sp³-hybridized carbons (Fsp3) is 0.667. The lowest BCUT2D eigenvalue weighted by Gasteiger charge is -2.39. The van der Waals surface area contributed by atoms with Crippen molar-refractivity contribution in [3.63, 3.8) is 0 Å². The molecule has 1 N–H and O–H groups in total. The van der Waals surface area contributed by atoms with E-state index in [1.807, 2.05) is 32.9 Å². The Bertz CT molecular complexity index is 440. The van der Waals surface area contributed by atoms with Gasteiger partial charge in [-0.05, 0) is 50.2 Å². The third-order valence-corrected chi connectivity index (χ3v) is 4.03. The van der Waals surface area contributed by atoms with Crippen LogP contribution in [0.25, 0.3) is 0 Å². The smallest absolute Gasteiger partial charge is 0.243 e. The number of carbonyl (C=O) groups excluding carboxylic acids is 2. The number of aldehydes is 1. The third kappa shape index (κ3) is 6.14. The normalized spacial score (nSPS) is 29.8. The van der Waals surface area contributed by atoms with Gasteiger partial charge in [-0.15, -0.1) is 0 Å². The molecule has 1 amide bonds. The molecule has 0 bridgehead atoms. The molecule has 0 spiro atoms. The van der Waals surface area contributed by atoms with Gasteiger partial charge in [-0.3, -0.25) is 9.59 Å². The van der Waals surface area contributed by atoms with Gasteiger partial charge < -0.3 is 10.1 Å². The summed E-state index contributed by atoms with van der Waals surface area (Å²) in [5, 5.41) is 3.03. The Kier molecular flexibility index (Phi) is 7.52. The lowest BCUT2D eigenvalue weighted by atomic mass is 9.88. The molecule has 1 saturated heterocycles. The molecule has 1 rings (SSSR count). The summed E-state index contributed by atoms with van der Waals surface area (Å²) in [7, 11) is 0. The number of hydrogen-bond acceptors (Lipinski definition) is 3. The van der Waals surface area contributed by atoms with Crippen LogP contribution >= 0.6 is 0 Å². The van der Waals surface area contributed by atoms with Gasteiger partial charge in [-0.25, -0.2) is 0 Å². The van der Waals surface area contributed by atoms with Gasteiger partial charge in [0.25, 0.3) is 0 Å². The fourth-order valence-electron chi connectivity index (χ4n) is 2.57. The van der Waals surface area contributed by atoms with Crippen molar-refractivity contribution in [1.29, 1.82) is 0 Å². The van der Waals surface area contributed by atoms with Crippen LogP contribution < -0.4 is 5.32 Å². The van der Waals surface area contributed by atoms with Crippen molar-refractivity contribution in [2.45, 2.75) is 65.7 Å². The summed E-state index contributed by atoms with van der Waals surface area (Å²) in [5.41, 5.74) is 0.734. The molecule has 4 atom stereocenters. The molecule has 4 nitrogen and oxygen atoms in total. The van der Waals surface area contributed by atoms with Crippen molar-refractivity contribution < 1.29 is 14.3 Å². The van der Waals surface area contributed by atoms with Crippen LogP contribution in [0.1, 0.15) is 47.5 Å². The van der Waals surface area contributed by atoms with Crippen LogP contribution in [0, 0.1) is 11.8 Å².